The number of carbonyl (C=O) groups is 1. The van der Waals surface area contributed by atoms with Gasteiger partial charge in [0.25, 0.3) is 11.5 Å². The van der Waals surface area contributed by atoms with Gasteiger partial charge in [-0.25, -0.2) is 18.2 Å². The summed E-state index contributed by atoms with van der Waals surface area (Å²) in [5.74, 6) is -5.12. The number of nitrogens with one attached hydrogen (secondary N) is 2. The number of likely N-dealkylation sites (tertiary alicyclic amines) is 1. The molecule has 1 fully saturated rings. The molecule has 0 aromatic carbocycles. The first-order valence-electron chi connectivity index (χ1n) is 9.08. The molecule has 3 rings (SSSR count). The van der Waals surface area contributed by atoms with Gasteiger partial charge in [-0.05, 0) is 30.7 Å². The normalized spacial score (nSPS) is 20.2. The Morgan fingerprint density at radius 3 is 2.90 bits per heavy atom. The van der Waals surface area contributed by atoms with Crippen molar-refractivity contribution in [2.24, 2.45) is 0 Å². The third-order valence-electron chi connectivity index (χ3n) is 5.14. The molecule has 2 atom stereocenters. The van der Waals surface area contributed by atoms with Gasteiger partial charge in [0.2, 0.25) is 5.91 Å². The summed E-state index contributed by atoms with van der Waals surface area (Å²) in [5.41, 5.74) is -0.341. The van der Waals surface area contributed by atoms with E-state index in [0.717, 1.165) is 12.3 Å². The van der Waals surface area contributed by atoms with E-state index in [4.69, 9.17) is 0 Å². The van der Waals surface area contributed by atoms with Crippen LogP contribution in [0.1, 0.15) is 30.4 Å². The van der Waals surface area contributed by atoms with E-state index in [1.165, 1.54) is 18.3 Å². The molecule has 1 amide bonds. The molecule has 1 aliphatic heterocycles. The van der Waals surface area contributed by atoms with Crippen LogP contribution in [-0.2, 0) is 11.4 Å². The van der Waals surface area contributed by atoms with Crippen LogP contribution in [0.2, 0.25) is 0 Å². The first-order valence-corrected chi connectivity index (χ1v) is 9.08. The molecule has 3 N–H and O–H groups in total. The van der Waals surface area contributed by atoms with Crippen molar-refractivity contribution in [2.75, 3.05) is 18.4 Å². The Balaban J connectivity index is 1.76. The average Bonchev–Trinajstić information content (AvgIpc) is 2.69. The molecular weight excluding hydrogens is 389 g/mol. The summed E-state index contributed by atoms with van der Waals surface area (Å²) in [6.45, 7) is 0.917. The second-order valence-electron chi connectivity index (χ2n) is 7.03. The Morgan fingerprint density at radius 1 is 1.48 bits per heavy atom. The average molecular weight is 410 g/mol. The highest BCUT2D eigenvalue weighted by atomic mass is 19.3. The Morgan fingerprint density at radius 2 is 2.24 bits per heavy atom. The van der Waals surface area contributed by atoms with Crippen LogP contribution in [-0.4, -0.2) is 50.9 Å². The van der Waals surface area contributed by atoms with E-state index >= 15 is 0 Å². The number of hydrogen-bond donors (Lipinski definition) is 3. The van der Waals surface area contributed by atoms with Crippen molar-refractivity contribution in [1.82, 2.24) is 14.9 Å². The van der Waals surface area contributed by atoms with Gasteiger partial charge >= 0.3 is 0 Å². The molecule has 0 radical (unpaired) electrons. The molecule has 2 unspecified atom stereocenters. The standard InChI is InChI=1S/C19H21F3N4O3/c1-11(17(28)25-16-3-2-14(20)8-23-16)26-5-4-19(21,22)15(9-26)12-6-13(10-27)18(29)24-7-12/h2-3,6-8,11,15,27H,4-5,9-10H2,1H3,(H,24,29)(H,23,25,28). The number of aromatic nitrogens is 2. The van der Waals surface area contributed by atoms with E-state index in [1.54, 1.807) is 11.8 Å². The van der Waals surface area contributed by atoms with Crippen LogP contribution in [0.5, 0.6) is 0 Å². The summed E-state index contributed by atoms with van der Waals surface area (Å²) < 4.78 is 42.1. The first-order chi connectivity index (χ1) is 13.7. The Hall–Kier alpha value is -2.72. The van der Waals surface area contributed by atoms with Crippen LogP contribution in [0.15, 0.2) is 35.4 Å². The summed E-state index contributed by atoms with van der Waals surface area (Å²) in [5, 5.41) is 11.8. The molecule has 1 aliphatic rings. The summed E-state index contributed by atoms with van der Waals surface area (Å²) in [6, 6.07) is 3.00. The van der Waals surface area contributed by atoms with Crippen molar-refractivity contribution in [3.05, 3.63) is 57.9 Å². The molecular formula is C19H21F3N4O3. The Labute approximate surface area is 164 Å². The van der Waals surface area contributed by atoms with Crippen molar-refractivity contribution in [1.29, 1.82) is 0 Å². The zero-order chi connectivity index (χ0) is 21.2. The molecule has 2 aromatic heterocycles. The molecule has 0 aliphatic carbocycles. The number of alkyl halides is 2. The maximum absolute atomic E-state index is 14.6. The number of anilines is 1. The number of aromatic amines is 1. The minimum absolute atomic E-state index is 0.00333. The fourth-order valence-electron chi connectivity index (χ4n) is 3.34. The molecule has 2 aromatic rings. The third-order valence-corrected chi connectivity index (χ3v) is 5.14. The summed E-state index contributed by atoms with van der Waals surface area (Å²) in [7, 11) is 0. The van der Waals surface area contributed by atoms with Crippen LogP contribution >= 0.6 is 0 Å². The van der Waals surface area contributed by atoms with Gasteiger partial charge in [0.15, 0.2) is 0 Å². The number of halogens is 3. The summed E-state index contributed by atoms with van der Waals surface area (Å²) >= 11 is 0. The van der Waals surface area contributed by atoms with Crippen LogP contribution in [0.4, 0.5) is 19.0 Å². The van der Waals surface area contributed by atoms with Gasteiger partial charge in [0, 0.05) is 31.3 Å². The molecule has 0 bridgehead atoms. The summed E-state index contributed by atoms with van der Waals surface area (Å²) in [4.78, 5) is 31.8. The first kappa shape index (κ1) is 21.0. The quantitative estimate of drug-likeness (QED) is 0.699. The van der Waals surface area contributed by atoms with E-state index in [0.29, 0.717) is 0 Å². The van der Waals surface area contributed by atoms with Crippen molar-refractivity contribution in [3.8, 4) is 0 Å². The van der Waals surface area contributed by atoms with Gasteiger partial charge in [-0.15, -0.1) is 0 Å². The van der Waals surface area contributed by atoms with Crippen molar-refractivity contribution in [3.63, 3.8) is 0 Å². The third kappa shape index (κ3) is 4.65. The lowest BCUT2D eigenvalue weighted by Crippen LogP contribution is -2.52. The predicted octanol–water partition coefficient (Wildman–Crippen LogP) is 1.85. The highest BCUT2D eigenvalue weighted by Crippen LogP contribution is 2.40. The van der Waals surface area contributed by atoms with Crippen molar-refractivity contribution < 1.29 is 23.1 Å². The lowest BCUT2D eigenvalue weighted by atomic mass is 9.86. The lowest BCUT2D eigenvalue weighted by Gasteiger charge is -2.40. The molecule has 0 saturated carbocycles. The predicted molar refractivity (Wildman–Crippen MR) is 99.2 cm³/mol. The van der Waals surface area contributed by atoms with Crippen LogP contribution in [0, 0.1) is 5.82 Å². The van der Waals surface area contributed by atoms with E-state index in [2.05, 4.69) is 15.3 Å². The van der Waals surface area contributed by atoms with E-state index in [9.17, 15) is 27.9 Å². The smallest absolute Gasteiger partial charge is 0.257 e. The van der Waals surface area contributed by atoms with Crippen LogP contribution in [0.3, 0.4) is 0 Å². The largest absolute Gasteiger partial charge is 0.391 e. The van der Waals surface area contributed by atoms with Gasteiger partial charge in [-0.1, -0.05) is 0 Å². The van der Waals surface area contributed by atoms with E-state index in [-0.39, 0.29) is 30.0 Å². The minimum atomic E-state index is -3.03. The van der Waals surface area contributed by atoms with Gasteiger partial charge in [0.1, 0.15) is 11.6 Å². The zero-order valence-corrected chi connectivity index (χ0v) is 15.7. The number of H-pyrrole nitrogens is 1. The Kier molecular flexibility index (Phi) is 6.04. The number of rotatable bonds is 5. The van der Waals surface area contributed by atoms with Gasteiger partial charge < -0.3 is 15.4 Å². The number of piperidine rings is 1. The monoisotopic (exact) mass is 410 g/mol. The number of aliphatic hydroxyl groups is 1. The van der Waals surface area contributed by atoms with E-state index in [1.807, 2.05) is 0 Å². The van der Waals surface area contributed by atoms with Gasteiger partial charge in [-0.2, -0.15) is 0 Å². The fourth-order valence-corrected chi connectivity index (χ4v) is 3.34. The molecule has 156 valence electrons. The number of aliphatic hydroxyl groups excluding tert-OH is 1. The van der Waals surface area contributed by atoms with E-state index < -0.39 is 48.2 Å². The minimum Gasteiger partial charge on any atom is -0.391 e. The number of hydrogen-bond acceptors (Lipinski definition) is 5. The molecule has 7 nitrogen and oxygen atoms in total. The van der Waals surface area contributed by atoms with Crippen molar-refractivity contribution in [2.45, 2.75) is 37.8 Å². The highest BCUT2D eigenvalue weighted by Gasteiger charge is 2.46. The molecule has 3 heterocycles. The molecule has 10 heteroatoms. The Bertz CT molecular complexity index is 933. The maximum Gasteiger partial charge on any atom is 0.257 e. The highest BCUT2D eigenvalue weighted by molar-refractivity contribution is 5.93. The SMILES string of the molecule is CC(C(=O)Nc1ccc(F)cn1)N1CCC(F)(F)C(c2c[nH]c(=O)c(CO)c2)C1. The molecule has 29 heavy (non-hydrogen) atoms. The van der Waals surface area contributed by atoms with Crippen molar-refractivity contribution >= 4 is 11.7 Å². The lowest BCUT2D eigenvalue weighted by molar-refractivity contribution is -0.125. The number of carbonyl (C=O) groups excluding carboxylic acids is 1. The number of nitrogens with zero attached hydrogens (tertiary/aromatic N) is 2. The fraction of sp³-hybridized carbons (Fsp3) is 0.421. The number of pyridine rings is 2. The van der Waals surface area contributed by atoms with Gasteiger partial charge in [0.05, 0.1) is 24.8 Å². The number of amides is 1. The second-order valence-corrected chi connectivity index (χ2v) is 7.03. The van der Waals surface area contributed by atoms with Crippen LogP contribution in [0.25, 0.3) is 0 Å². The second kappa shape index (κ2) is 8.34. The topological polar surface area (TPSA) is 98.3 Å². The molecule has 0 spiro atoms. The molecule has 1 saturated heterocycles. The maximum atomic E-state index is 14.6. The summed E-state index contributed by atoms with van der Waals surface area (Å²) in [6.07, 6.45) is 1.72. The van der Waals surface area contributed by atoms with Crippen LogP contribution < -0.4 is 10.9 Å². The van der Waals surface area contributed by atoms with Gasteiger partial charge in [-0.3, -0.25) is 14.5 Å². The zero-order valence-electron chi connectivity index (χ0n) is 15.7.